The van der Waals surface area contributed by atoms with Gasteiger partial charge in [-0.2, -0.15) is 26.9 Å². The van der Waals surface area contributed by atoms with Crippen LogP contribution in [0.2, 0.25) is 0 Å². The number of rotatable bonds is 9. The molecule has 2 saturated carbocycles. The van der Waals surface area contributed by atoms with E-state index in [9.17, 15) is 30.4 Å². The Kier molecular flexibility index (Phi) is 7.19. The molecule has 0 bridgehead atoms. The lowest BCUT2D eigenvalue weighted by molar-refractivity contribution is -0.275. The number of aryl methyl sites for hydroxylation is 1. The van der Waals surface area contributed by atoms with Crippen LogP contribution in [-0.4, -0.2) is 65.0 Å². The van der Waals surface area contributed by atoms with Gasteiger partial charge in [-0.15, -0.1) is 11.3 Å². The number of aromatic nitrogens is 4. The van der Waals surface area contributed by atoms with Gasteiger partial charge in [0.05, 0.1) is 33.9 Å². The van der Waals surface area contributed by atoms with Crippen LogP contribution in [0.15, 0.2) is 12.3 Å². The van der Waals surface area contributed by atoms with E-state index in [-0.39, 0.29) is 29.5 Å². The van der Waals surface area contributed by atoms with Crippen LogP contribution in [0, 0.1) is 12.8 Å². The third-order valence-corrected chi connectivity index (χ3v) is 9.02. The number of anilines is 2. The van der Waals surface area contributed by atoms with Crippen LogP contribution in [-0.2, 0) is 9.84 Å². The summed E-state index contributed by atoms with van der Waals surface area (Å²) >= 11 is 1.39. The fourth-order valence-electron chi connectivity index (χ4n) is 4.92. The molecule has 39 heavy (non-hydrogen) atoms. The maximum Gasteiger partial charge on any atom is 0.455 e. The van der Waals surface area contributed by atoms with Gasteiger partial charge >= 0.3 is 12.1 Å². The van der Waals surface area contributed by atoms with E-state index >= 15 is 0 Å². The molecule has 15 heteroatoms. The third kappa shape index (κ3) is 6.23. The minimum absolute atomic E-state index is 0.0506. The van der Waals surface area contributed by atoms with Gasteiger partial charge in [-0.05, 0) is 51.0 Å². The first-order valence-corrected chi connectivity index (χ1v) is 15.3. The molecule has 3 heterocycles. The minimum atomic E-state index is -5.72. The molecule has 3 aromatic heterocycles. The van der Waals surface area contributed by atoms with Crippen molar-refractivity contribution in [1.29, 1.82) is 0 Å². The van der Waals surface area contributed by atoms with Crippen molar-refractivity contribution >= 4 is 43.2 Å². The molecule has 2 atom stereocenters. The first-order valence-electron chi connectivity index (χ1n) is 12.5. The number of thiazole rings is 1. The highest BCUT2D eigenvalue weighted by atomic mass is 32.2. The number of pyridine rings is 1. The molecular formula is C24H27F5N6O2S2. The molecule has 2 unspecified atom stereocenters. The van der Waals surface area contributed by atoms with E-state index < -0.39 is 28.5 Å². The van der Waals surface area contributed by atoms with Gasteiger partial charge in [0.2, 0.25) is 5.95 Å². The summed E-state index contributed by atoms with van der Waals surface area (Å²) in [5, 5.41) is 5.89. The number of fused-ring (bicyclic) bond motifs is 1. The average Bonchev–Trinajstić information content (AvgIpc) is 3.43. The quantitative estimate of drug-likeness (QED) is 0.312. The number of halogens is 5. The van der Waals surface area contributed by atoms with Crippen molar-refractivity contribution in [2.24, 2.45) is 5.92 Å². The maximum absolute atomic E-state index is 13.6. The molecular weight excluding hydrogens is 563 g/mol. The Balaban J connectivity index is 1.49. The maximum atomic E-state index is 13.6. The summed E-state index contributed by atoms with van der Waals surface area (Å²) in [6.07, 6.45) is 1.13. The Labute approximate surface area is 225 Å². The normalized spacial score (nSPS) is 20.5. The number of sulfone groups is 1. The highest BCUT2D eigenvalue weighted by Gasteiger charge is 2.57. The molecule has 2 N–H and O–H groups in total. The molecule has 2 aliphatic rings. The molecule has 2 aliphatic carbocycles. The van der Waals surface area contributed by atoms with Gasteiger partial charge in [0.25, 0.3) is 0 Å². The molecule has 3 aromatic rings. The zero-order valence-electron chi connectivity index (χ0n) is 21.1. The molecule has 212 valence electrons. The van der Waals surface area contributed by atoms with Gasteiger partial charge in [0, 0.05) is 24.4 Å². The summed E-state index contributed by atoms with van der Waals surface area (Å²) < 4.78 is 89.7. The first-order chi connectivity index (χ1) is 18.2. The van der Waals surface area contributed by atoms with Gasteiger partial charge in [0.15, 0.2) is 0 Å². The van der Waals surface area contributed by atoms with Crippen molar-refractivity contribution in [2.45, 2.75) is 63.1 Å². The Morgan fingerprint density at radius 3 is 2.49 bits per heavy atom. The molecule has 5 rings (SSSR count). The van der Waals surface area contributed by atoms with E-state index in [0.29, 0.717) is 41.4 Å². The van der Waals surface area contributed by atoms with Gasteiger partial charge < -0.3 is 10.6 Å². The number of nitrogens with one attached hydrogen (secondary N) is 2. The largest absolute Gasteiger partial charge is 0.455 e. The van der Waals surface area contributed by atoms with Crippen LogP contribution >= 0.6 is 11.3 Å². The Hall–Kier alpha value is -2.68. The zero-order chi connectivity index (χ0) is 28.2. The number of hydrogen-bond donors (Lipinski definition) is 2. The molecule has 0 radical (unpaired) electrons. The Morgan fingerprint density at radius 2 is 1.82 bits per heavy atom. The standard InChI is InChI=1S/C24H27F5N6O2S2/c1-12-17(21-34-19-16(38-21)7-8-30-18(19)14-4-5-14)20(33-15-6-3-13(9-15)10-39(2,36)37)35-22(32-12)31-11-23(25,26)24(27,28)29/h7-8,13-15H,3-6,9-11H2,1-2H3,(H2,31,32,33,35). The van der Waals surface area contributed by atoms with Gasteiger partial charge in [0.1, 0.15) is 26.2 Å². The lowest BCUT2D eigenvalue weighted by atomic mass is 10.1. The fraction of sp³-hybridized carbons (Fsp3) is 0.583. The second-order valence-electron chi connectivity index (χ2n) is 10.4. The van der Waals surface area contributed by atoms with Gasteiger partial charge in [-0.1, -0.05) is 0 Å². The first kappa shape index (κ1) is 27.9. The van der Waals surface area contributed by atoms with Crippen LogP contribution in [0.25, 0.3) is 20.8 Å². The van der Waals surface area contributed by atoms with E-state index in [2.05, 4.69) is 20.3 Å². The van der Waals surface area contributed by atoms with Gasteiger partial charge in [-0.3, -0.25) is 4.98 Å². The molecule has 8 nitrogen and oxygen atoms in total. The predicted molar refractivity (Wildman–Crippen MR) is 139 cm³/mol. The number of alkyl halides is 5. The van der Waals surface area contributed by atoms with Crippen LogP contribution in [0.5, 0.6) is 0 Å². The number of hydrogen-bond acceptors (Lipinski definition) is 9. The van der Waals surface area contributed by atoms with E-state index in [1.807, 2.05) is 11.4 Å². The van der Waals surface area contributed by atoms with Crippen LogP contribution < -0.4 is 10.6 Å². The van der Waals surface area contributed by atoms with Crippen molar-refractivity contribution in [3.63, 3.8) is 0 Å². The highest BCUT2D eigenvalue weighted by molar-refractivity contribution is 7.90. The smallest absolute Gasteiger partial charge is 0.367 e. The summed E-state index contributed by atoms with van der Waals surface area (Å²) in [6, 6.07) is 1.68. The van der Waals surface area contributed by atoms with E-state index in [1.165, 1.54) is 17.6 Å². The number of nitrogens with zero attached hydrogens (tertiary/aromatic N) is 4. The molecule has 0 aromatic carbocycles. The minimum Gasteiger partial charge on any atom is -0.367 e. The summed E-state index contributed by atoms with van der Waals surface area (Å²) in [4.78, 5) is 17.8. The Bertz CT molecular complexity index is 1490. The van der Waals surface area contributed by atoms with Crippen molar-refractivity contribution in [3.8, 4) is 10.6 Å². The van der Waals surface area contributed by atoms with Crippen LogP contribution in [0.4, 0.5) is 33.7 Å². The average molecular weight is 591 g/mol. The molecule has 2 fully saturated rings. The lowest BCUT2D eigenvalue weighted by Crippen LogP contribution is -2.42. The molecule has 0 aliphatic heterocycles. The van der Waals surface area contributed by atoms with Crippen molar-refractivity contribution in [2.75, 3.05) is 29.2 Å². The predicted octanol–water partition coefficient (Wildman–Crippen LogP) is 5.57. The summed E-state index contributed by atoms with van der Waals surface area (Å²) in [6.45, 7) is -0.103. The zero-order valence-corrected chi connectivity index (χ0v) is 22.8. The van der Waals surface area contributed by atoms with E-state index in [4.69, 9.17) is 4.98 Å². The van der Waals surface area contributed by atoms with Crippen molar-refractivity contribution in [3.05, 3.63) is 23.7 Å². The van der Waals surface area contributed by atoms with Gasteiger partial charge in [-0.25, -0.2) is 18.4 Å². The second kappa shape index (κ2) is 10.1. The molecule has 0 spiro atoms. The summed E-state index contributed by atoms with van der Waals surface area (Å²) in [5.74, 6) is -4.76. The summed E-state index contributed by atoms with van der Waals surface area (Å²) in [7, 11) is -3.16. The van der Waals surface area contributed by atoms with Crippen molar-refractivity contribution < 1.29 is 30.4 Å². The van der Waals surface area contributed by atoms with E-state index in [0.717, 1.165) is 28.8 Å². The lowest BCUT2D eigenvalue weighted by Gasteiger charge is -2.21. The Morgan fingerprint density at radius 1 is 1.08 bits per heavy atom. The monoisotopic (exact) mass is 590 g/mol. The van der Waals surface area contributed by atoms with Crippen molar-refractivity contribution in [1.82, 2.24) is 19.9 Å². The highest BCUT2D eigenvalue weighted by Crippen LogP contribution is 2.45. The summed E-state index contributed by atoms with van der Waals surface area (Å²) in [5.41, 5.74) is 2.54. The van der Waals surface area contributed by atoms with Crippen LogP contribution in [0.1, 0.15) is 49.4 Å². The fourth-order valence-corrected chi connectivity index (χ4v) is 7.15. The second-order valence-corrected chi connectivity index (χ2v) is 13.6. The van der Waals surface area contributed by atoms with Crippen LogP contribution in [0.3, 0.4) is 0 Å². The van der Waals surface area contributed by atoms with E-state index in [1.54, 1.807) is 13.1 Å². The molecule has 0 saturated heterocycles. The topological polar surface area (TPSA) is 110 Å². The third-order valence-electron chi connectivity index (χ3n) is 6.91. The molecule has 0 amide bonds. The SMILES string of the molecule is Cc1nc(NCC(F)(F)C(F)(F)F)nc(NC2CCC(CS(C)(=O)=O)C2)c1-c1nc2c(C3CC3)nccc2s1.